The Labute approximate surface area is 86.2 Å². The lowest BCUT2D eigenvalue weighted by Gasteiger charge is -2.03. The lowest BCUT2D eigenvalue weighted by atomic mass is 10.3. The predicted molar refractivity (Wildman–Crippen MR) is 51.1 cm³/mol. The van der Waals surface area contributed by atoms with Gasteiger partial charge in [0, 0.05) is 6.54 Å². The predicted octanol–water partition coefficient (Wildman–Crippen LogP) is 1.08. The van der Waals surface area contributed by atoms with Gasteiger partial charge in [0.2, 0.25) is 0 Å². The number of unbranched alkanes of at least 4 members (excludes halogenated alkanes) is 1. The summed E-state index contributed by atoms with van der Waals surface area (Å²) in [6.07, 6.45) is 2.94. The first kappa shape index (κ1) is 11.2. The van der Waals surface area contributed by atoms with Crippen molar-refractivity contribution in [3.05, 3.63) is 17.7 Å². The van der Waals surface area contributed by atoms with Crippen molar-refractivity contribution in [3.63, 3.8) is 0 Å². The number of aromatic nitrogens is 2. The number of rotatable bonds is 5. The number of carboxylic acids is 2. The third-order valence-corrected chi connectivity index (χ3v) is 2.00. The minimum absolute atomic E-state index is 0.254. The summed E-state index contributed by atoms with van der Waals surface area (Å²) in [6, 6.07) is 0. The monoisotopic (exact) mass is 212 g/mol. The fraction of sp³-hybridized carbons (Fsp3) is 0.444. The molecule has 6 nitrogen and oxygen atoms in total. The molecule has 0 aliphatic heterocycles. The van der Waals surface area contributed by atoms with Crippen molar-refractivity contribution in [2.75, 3.05) is 0 Å². The van der Waals surface area contributed by atoms with Gasteiger partial charge in [-0.1, -0.05) is 13.3 Å². The molecule has 6 heteroatoms. The Bertz CT molecular complexity index is 383. The summed E-state index contributed by atoms with van der Waals surface area (Å²) in [6.45, 7) is 2.44. The van der Waals surface area contributed by atoms with Gasteiger partial charge in [0.1, 0.15) is 0 Å². The topological polar surface area (TPSA) is 92.4 Å². The van der Waals surface area contributed by atoms with E-state index in [1.807, 2.05) is 6.92 Å². The number of carboxylic acid groups (broad SMARTS) is 2. The molecule has 1 aromatic heterocycles. The highest BCUT2D eigenvalue weighted by atomic mass is 16.4. The van der Waals surface area contributed by atoms with Crippen LogP contribution < -0.4 is 0 Å². The number of aromatic carboxylic acids is 2. The number of imidazole rings is 1. The lowest BCUT2D eigenvalue weighted by Crippen LogP contribution is -2.13. The summed E-state index contributed by atoms with van der Waals surface area (Å²) in [5, 5.41) is 17.6. The van der Waals surface area contributed by atoms with Crippen LogP contribution in [-0.2, 0) is 6.54 Å². The van der Waals surface area contributed by atoms with E-state index < -0.39 is 17.6 Å². The van der Waals surface area contributed by atoms with Gasteiger partial charge < -0.3 is 14.8 Å². The average molecular weight is 212 g/mol. The summed E-state index contributed by atoms with van der Waals surface area (Å²) in [5.41, 5.74) is -0.658. The lowest BCUT2D eigenvalue weighted by molar-refractivity contribution is 0.0640. The van der Waals surface area contributed by atoms with Crippen LogP contribution in [0.25, 0.3) is 0 Å². The molecular formula is C9H12N2O4. The molecule has 0 aliphatic carbocycles. The van der Waals surface area contributed by atoms with Crippen LogP contribution in [0, 0.1) is 0 Å². The van der Waals surface area contributed by atoms with Crippen molar-refractivity contribution >= 4 is 11.9 Å². The second-order valence-electron chi connectivity index (χ2n) is 3.10. The number of carbonyl (C=O) groups is 2. The van der Waals surface area contributed by atoms with Gasteiger partial charge in [-0.25, -0.2) is 14.6 Å². The van der Waals surface area contributed by atoms with Gasteiger partial charge in [0.15, 0.2) is 11.4 Å². The van der Waals surface area contributed by atoms with Crippen LogP contribution in [0.5, 0.6) is 0 Å². The maximum Gasteiger partial charge on any atom is 0.357 e. The standard InChI is InChI=1S/C9H12N2O4/c1-2-3-4-11-5-10-6(8(12)13)7(11)9(14)15/h5H,2-4H2,1H3,(H,12,13)(H,14,15). The smallest absolute Gasteiger partial charge is 0.357 e. The van der Waals surface area contributed by atoms with Crippen molar-refractivity contribution < 1.29 is 19.8 Å². The van der Waals surface area contributed by atoms with E-state index >= 15 is 0 Å². The normalized spacial score (nSPS) is 10.2. The van der Waals surface area contributed by atoms with Crippen LogP contribution in [0.3, 0.4) is 0 Å². The van der Waals surface area contributed by atoms with E-state index in [1.165, 1.54) is 10.9 Å². The summed E-state index contributed by atoms with van der Waals surface area (Å²) < 4.78 is 1.36. The first-order chi connectivity index (χ1) is 7.07. The van der Waals surface area contributed by atoms with Gasteiger partial charge in [-0.3, -0.25) is 0 Å². The highest BCUT2D eigenvalue weighted by Crippen LogP contribution is 2.09. The number of nitrogens with zero attached hydrogens (tertiary/aromatic N) is 2. The summed E-state index contributed by atoms with van der Waals surface area (Å²) >= 11 is 0. The van der Waals surface area contributed by atoms with E-state index in [1.54, 1.807) is 0 Å². The molecule has 1 rings (SSSR count). The maximum atomic E-state index is 10.8. The van der Waals surface area contributed by atoms with E-state index in [-0.39, 0.29) is 5.69 Å². The Kier molecular flexibility index (Phi) is 3.43. The minimum atomic E-state index is -1.32. The summed E-state index contributed by atoms with van der Waals surface area (Å²) in [7, 11) is 0. The number of hydrogen-bond donors (Lipinski definition) is 2. The second-order valence-corrected chi connectivity index (χ2v) is 3.10. The van der Waals surface area contributed by atoms with Crippen molar-refractivity contribution in [2.45, 2.75) is 26.3 Å². The largest absolute Gasteiger partial charge is 0.476 e. The molecule has 2 N–H and O–H groups in total. The molecule has 82 valence electrons. The van der Waals surface area contributed by atoms with Gasteiger partial charge in [-0.2, -0.15) is 0 Å². The molecule has 0 unspecified atom stereocenters. The average Bonchev–Trinajstić information content (AvgIpc) is 2.58. The molecule has 0 fully saturated rings. The highest BCUT2D eigenvalue weighted by molar-refractivity contribution is 5.99. The van der Waals surface area contributed by atoms with E-state index in [2.05, 4.69) is 4.98 Å². The molecule has 0 amide bonds. The molecule has 0 aliphatic rings. The van der Waals surface area contributed by atoms with E-state index in [0.717, 1.165) is 12.8 Å². The molecule has 0 saturated carbocycles. The molecule has 0 atom stereocenters. The molecule has 0 spiro atoms. The van der Waals surface area contributed by atoms with Crippen LogP contribution in [0.2, 0.25) is 0 Å². The zero-order chi connectivity index (χ0) is 11.4. The fourth-order valence-electron chi connectivity index (χ4n) is 1.26. The Hall–Kier alpha value is -1.85. The van der Waals surface area contributed by atoms with E-state index in [9.17, 15) is 9.59 Å². The van der Waals surface area contributed by atoms with Gasteiger partial charge in [0.05, 0.1) is 6.33 Å². The molecule has 1 heterocycles. The first-order valence-corrected chi connectivity index (χ1v) is 4.59. The second kappa shape index (κ2) is 4.59. The van der Waals surface area contributed by atoms with Crippen molar-refractivity contribution in [1.29, 1.82) is 0 Å². The van der Waals surface area contributed by atoms with Crippen LogP contribution in [0.15, 0.2) is 6.33 Å². The first-order valence-electron chi connectivity index (χ1n) is 4.59. The fourth-order valence-corrected chi connectivity index (χ4v) is 1.26. The molecule has 1 aromatic rings. The third-order valence-electron chi connectivity index (χ3n) is 2.00. The van der Waals surface area contributed by atoms with Crippen molar-refractivity contribution in [2.24, 2.45) is 0 Å². The van der Waals surface area contributed by atoms with E-state index in [0.29, 0.717) is 6.54 Å². The summed E-state index contributed by atoms with van der Waals surface area (Å²) in [4.78, 5) is 25.1. The molecule has 0 saturated heterocycles. The SMILES string of the molecule is CCCCn1cnc(C(=O)O)c1C(=O)O. The molecular weight excluding hydrogens is 200 g/mol. The van der Waals surface area contributed by atoms with Crippen molar-refractivity contribution in [1.82, 2.24) is 9.55 Å². The van der Waals surface area contributed by atoms with Gasteiger partial charge >= 0.3 is 11.9 Å². The Balaban J connectivity index is 3.06. The number of hydrogen-bond acceptors (Lipinski definition) is 3. The van der Waals surface area contributed by atoms with Gasteiger partial charge in [0.25, 0.3) is 0 Å². The quantitative estimate of drug-likeness (QED) is 0.761. The highest BCUT2D eigenvalue weighted by Gasteiger charge is 2.22. The Morgan fingerprint density at radius 3 is 2.53 bits per heavy atom. The third kappa shape index (κ3) is 2.34. The van der Waals surface area contributed by atoms with E-state index in [4.69, 9.17) is 10.2 Å². The molecule has 0 radical (unpaired) electrons. The van der Waals surface area contributed by atoms with Crippen LogP contribution >= 0.6 is 0 Å². The zero-order valence-corrected chi connectivity index (χ0v) is 8.30. The molecule has 0 bridgehead atoms. The Morgan fingerprint density at radius 1 is 1.40 bits per heavy atom. The maximum absolute atomic E-state index is 10.8. The number of aryl methyl sites for hydroxylation is 1. The van der Waals surface area contributed by atoms with Crippen LogP contribution in [0.1, 0.15) is 40.7 Å². The van der Waals surface area contributed by atoms with Crippen molar-refractivity contribution in [3.8, 4) is 0 Å². The Morgan fingerprint density at radius 2 is 2.07 bits per heavy atom. The molecule has 0 aromatic carbocycles. The zero-order valence-electron chi connectivity index (χ0n) is 8.30. The van der Waals surface area contributed by atoms with Gasteiger partial charge in [-0.15, -0.1) is 0 Å². The minimum Gasteiger partial charge on any atom is -0.476 e. The molecule has 15 heavy (non-hydrogen) atoms. The van der Waals surface area contributed by atoms with Crippen LogP contribution in [-0.4, -0.2) is 31.7 Å². The summed E-state index contributed by atoms with van der Waals surface area (Å²) in [5.74, 6) is -2.58. The van der Waals surface area contributed by atoms with Gasteiger partial charge in [-0.05, 0) is 6.42 Å². The van der Waals surface area contributed by atoms with Crippen LogP contribution in [0.4, 0.5) is 0 Å².